The van der Waals surface area contributed by atoms with E-state index in [-0.39, 0.29) is 69.7 Å². The maximum absolute atomic E-state index is 14.3. The summed E-state index contributed by atoms with van der Waals surface area (Å²) in [6, 6.07) is 13.6. The molecule has 0 aliphatic carbocycles. The van der Waals surface area contributed by atoms with E-state index in [0.29, 0.717) is 21.3 Å². The Bertz CT molecular complexity index is 2370. The molecule has 0 aliphatic heterocycles. The highest BCUT2D eigenvalue weighted by Gasteiger charge is 2.29. The van der Waals surface area contributed by atoms with Crippen LogP contribution in [-0.2, 0) is 30.0 Å². The molecule has 1 unspecified atom stereocenters. The third-order valence-corrected chi connectivity index (χ3v) is 9.54. The smallest absolute Gasteiger partial charge is 0.267 e. The van der Waals surface area contributed by atoms with Crippen molar-refractivity contribution in [2.24, 2.45) is 12.8 Å². The molecule has 3 heterocycles. The number of hydrogen-bond donors (Lipinski definition) is 1. The Labute approximate surface area is 298 Å². The maximum atomic E-state index is 14.3. The Morgan fingerprint density at radius 2 is 1.73 bits per heavy atom. The number of nitrogens with zero attached hydrogens (tertiary/aromatic N) is 6. The van der Waals surface area contributed by atoms with Crippen LogP contribution in [0.5, 0.6) is 5.75 Å². The summed E-state index contributed by atoms with van der Waals surface area (Å²) < 4.78 is 64.2. The van der Waals surface area contributed by atoms with Gasteiger partial charge >= 0.3 is 0 Å². The van der Waals surface area contributed by atoms with E-state index in [9.17, 15) is 22.0 Å². The zero-order valence-corrected chi connectivity index (χ0v) is 30.0. The van der Waals surface area contributed by atoms with Gasteiger partial charge in [-0.25, -0.2) is 31.5 Å². The monoisotopic (exact) mass is 793 g/mol. The number of pyridine rings is 1. The highest BCUT2D eigenvalue weighted by atomic mass is 79.9. The van der Waals surface area contributed by atoms with Gasteiger partial charge in [-0.15, -0.1) is 12.4 Å². The number of hydrogen-bond acceptors (Lipinski definition) is 8. The van der Waals surface area contributed by atoms with Gasteiger partial charge in [0.1, 0.15) is 23.2 Å². The van der Waals surface area contributed by atoms with Crippen molar-refractivity contribution in [3.63, 3.8) is 0 Å². The fourth-order valence-corrected chi connectivity index (χ4v) is 6.95. The van der Waals surface area contributed by atoms with E-state index in [1.54, 1.807) is 43.4 Å². The summed E-state index contributed by atoms with van der Waals surface area (Å²) in [6.07, 6.45) is 2.46. The SMILES string of the molecule is COc1ccc(CN(c2nn(C)c3c(-n4c(C(N)Cc5cc(F)cc(F)c5)nc5ncc(Br)cc5c4=O)ccc(Cl)c23)S(C)(=O)=O)cc1.Cl. The molecular weight excluding hydrogens is 767 g/mol. The molecule has 0 saturated heterocycles. The minimum absolute atomic E-state index is 0. The van der Waals surface area contributed by atoms with Crippen LogP contribution < -0.4 is 20.3 Å². The molecule has 17 heteroatoms. The second kappa shape index (κ2) is 14.0. The molecule has 3 aromatic heterocycles. The minimum atomic E-state index is -3.92. The summed E-state index contributed by atoms with van der Waals surface area (Å²) in [5, 5.41) is 5.16. The number of aryl methyl sites for hydroxylation is 1. The number of aromatic nitrogens is 5. The molecule has 11 nitrogen and oxygen atoms in total. The van der Waals surface area contributed by atoms with Crippen LogP contribution in [-0.4, -0.2) is 46.1 Å². The highest BCUT2D eigenvalue weighted by Crippen LogP contribution is 2.38. The van der Waals surface area contributed by atoms with Crippen LogP contribution in [0.3, 0.4) is 0 Å². The topological polar surface area (TPSA) is 138 Å². The molecule has 3 aromatic carbocycles. The predicted molar refractivity (Wildman–Crippen MR) is 190 cm³/mol. The molecular formula is C32H28BrCl2F2N7O4S. The van der Waals surface area contributed by atoms with E-state index in [2.05, 4.69) is 31.0 Å². The Hall–Kier alpha value is -4.15. The lowest BCUT2D eigenvalue weighted by Gasteiger charge is -2.21. The van der Waals surface area contributed by atoms with E-state index >= 15 is 0 Å². The van der Waals surface area contributed by atoms with Gasteiger partial charge in [0.05, 0.1) is 53.0 Å². The molecule has 49 heavy (non-hydrogen) atoms. The zero-order chi connectivity index (χ0) is 34.5. The lowest BCUT2D eigenvalue weighted by molar-refractivity contribution is 0.414. The van der Waals surface area contributed by atoms with Crippen LogP contribution in [0.25, 0.3) is 27.6 Å². The number of halogens is 5. The van der Waals surface area contributed by atoms with Gasteiger partial charge in [0.15, 0.2) is 11.5 Å². The second-order valence-electron chi connectivity index (χ2n) is 11.1. The fourth-order valence-electron chi connectivity index (χ4n) is 5.56. The highest BCUT2D eigenvalue weighted by molar-refractivity contribution is 9.10. The van der Waals surface area contributed by atoms with Crippen molar-refractivity contribution in [1.82, 2.24) is 24.3 Å². The third-order valence-electron chi connectivity index (χ3n) is 7.69. The van der Waals surface area contributed by atoms with Crippen LogP contribution in [0.2, 0.25) is 5.02 Å². The van der Waals surface area contributed by atoms with Crippen LogP contribution >= 0.6 is 39.9 Å². The Morgan fingerprint density at radius 1 is 1.06 bits per heavy atom. The molecule has 6 aromatic rings. The number of sulfonamides is 1. The molecule has 0 spiro atoms. The maximum Gasteiger partial charge on any atom is 0.267 e. The lowest BCUT2D eigenvalue weighted by Crippen LogP contribution is -2.30. The van der Waals surface area contributed by atoms with Crippen molar-refractivity contribution in [3.8, 4) is 11.4 Å². The molecule has 0 saturated carbocycles. The van der Waals surface area contributed by atoms with Gasteiger partial charge < -0.3 is 10.5 Å². The van der Waals surface area contributed by atoms with Gasteiger partial charge in [-0.05, 0) is 75.9 Å². The minimum Gasteiger partial charge on any atom is -0.497 e. The summed E-state index contributed by atoms with van der Waals surface area (Å²) >= 11 is 10.1. The summed E-state index contributed by atoms with van der Waals surface area (Å²) in [5.74, 6) is -0.880. The largest absolute Gasteiger partial charge is 0.497 e. The Morgan fingerprint density at radius 3 is 2.37 bits per heavy atom. The first kappa shape index (κ1) is 36.1. The lowest BCUT2D eigenvalue weighted by atomic mass is 10.0. The van der Waals surface area contributed by atoms with Crippen LogP contribution in [0.15, 0.2) is 76.1 Å². The second-order valence-corrected chi connectivity index (χ2v) is 14.3. The van der Waals surface area contributed by atoms with E-state index in [4.69, 9.17) is 22.1 Å². The first-order chi connectivity index (χ1) is 22.7. The number of ether oxygens (including phenoxy) is 1. The summed E-state index contributed by atoms with van der Waals surface area (Å²) in [5.41, 5.74) is 7.64. The van der Waals surface area contributed by atoms with Gasteiger partial charge in [-0.1, -0.05) is 23.7 Å². The summed E-state index contributed by atoms with van der Waals surface area (Å²) in [7, 11) is -0.797. The van der Waals surface area contributed by atoms with Crippen LogP contribution in [0.4, 0.5) is 14.6 Å². The van der Waals surface area contributed by atoms with Gasteiger partial charge in [-0.3, -0.25) is 14.0 Å². The van der Waals surface area contributed by atoms with Gasteiger partial charge in [0.2, 0.25) is 10.0 Å². The molecule has 0 aliphatic rings. The summed E-state index contributed by atoms with van der Waals surface area (Å²) in [6.45, 7) is -0.0764. The van der Waals surface area contributed by atoms with Gasteiger partial charge in [0, 0.05) is 23.8 Å². The molecule has 2 N–H and O–H groups in total. The van der Waals surface area contributed by atoms with Crippen LogP contribution in [0, 0.1) is 11.6 Å². The standard InChI is InChI=1S/C32H27BrClF2N7O4S.ClH/c1-41-28-26(9-8-24(34)27(28)31(40-41)42(48(3,45)46)16-17-4-6-22(47-2)7-5-17)43-30(25(37)12-18-10-20(35)14-21(36)11-18)39-29-23(32(43)44)13-19(33)15-38-29;/h4-11,13-15,25H,12,16,37H2,1-3H3;1H. The average Bonchev–Trinajstić information content (AvgIpc) is 3.37. The number of benzene rings is 3. The number of methoxy groups -OCH3 is 1. The van der Waals surface area contributed by atoms with E-state index < -0.39 is 33.3 Å². The Kier molecular flexibility index (Phi) is 10.3. The van der Waals surface area contributed by atoms with E-state index in [0.717, 1.165) is 28.8 Å². The van der Waals surface area contributed by atoms with E-state index in [1.165, 1.54) is 28.6 Å². The molecule has 256 valence electrons. The van der Waals surface area contributed by atoms with Crippen molar-refractivity contribution in [1.29, 1.82) is 0 Å². The van der Waals surface area contributed by atoms with E-state index in [1.807, 2.05) is 0 Å². The normalized spacial score (nSPS) is 12.2. The molecule has 0 fully saturated rings. The van der Waals surface area contributed by atoms with Crippen molar-refractivity contribution in [2.75, 3.05) is 17.7 Å². The first-order valence-electron chi connectivity index (χ1n) is 14.3. The zero-order valence-electron chi connectivity index (χ0n) is 26.1. The quantitative estimate of drug-likeness (QED) is 0.188. The molecule has 0 amide bonds. The van der Waals surface area contributed by atoms with Crippen molar-refractivity contribution < 1.29 is 21.9 Å². The molecule has 0 radical (unpaired) electrons. The van der Waals surface area contributed by atoms with Crippen molar-refractivity contribution in [3.05, 3.63) is 115 Å². The molecule has 6 rings (SSSR count). The number of nitrogens with two attached hydrogens (primary N) is 1. The number of rotatable bonds is 9. The van der Waals surface area contributed by atoms with Gasteiger partial charge in [-0.2, -0.15) is 5.10 Å². The predicted octanol–water partition coefficient (Wildman–Crippen LogP) is 6.00. The number of fused-ring (bicyclic) bond motifs is 2. The van der Waals surface area contributed by atoms with Crippen molar-refractivity contribution >= 4 is 77.7 Å². The Balaban J connectivity index is 0.00000468. The fraction of sp³-hybridized carbons (Fsp3) is 0.188. The average molecular weight is 795 g/mol. The first-order valence-corrected chi connectivity index (χ1v) is 17.3. The third kappa shape index (κ3) is 7.12. The molecule has 0 bridgehead atoms. The number of anilines is 1. The van der Waals surface area contributed by atoms with Crippen molar-refractivity contribution in [2.45, 2.75) is 19.0 Å². The van der Waals surface area contributed by atoms with Gasteiger partial charge in [0.25, 0.3) is 5.56 Å². The molecule has 1 atom stereocenters. The van der Waals surface area contributed by atoms with Crippen LogP contribution in [0.1, 0.15) is 23.0 Å². The summed E-state index contributed by atoms with van der Waals surface area (Å²) in [4.78, 5) is 23.2.